The van der Waals surface area contributed by atoms with Crippen LogP contribution in [0.3, 0.4) is 0 Å². The van der Waals surface area contributed by atoms with Gasteiger partial charge in [-0.3, -0.25) is 0 Å². The van der Waals surface area contributed by atoms with E-state index in [-0.39, 0.29) is 5.84 Å². The smallest absolute Gasteiger partial charge is 0.172 e. The predicted molar refractivity (Wildman–Crippen MR) is 81.5 cm³/mol. The third-order valence-electron chi connectivity index (χ3n) is 2.93. The zero-order chi connectivity index (χ0) is 14.7. The Morgan fingerprint density at radius 2 is 1.95 bits per heavy atom. The molecule has 3 N–H and O–H groups in total. The van der Waals surface area contributed by atoms with E-state index in [1.165, 1.54) is 22.9 Å². The highest BCUT2D eigenvalue weighted by molar-refractivity contribution is 7.99. The Morgan fingerprint density at radius 1 is 1.20 bits per heavy atom. The molecule has 0 spiro atoms. The van der Waals surface area contributed by atoms with Crippen molar-refractivity contribution in [2.75, 3.05) is 0 Å². The van der Waals surface area contributed by atoms with Crippen LogP contribution in [0.5, 0.6) is 0 Å². The molecule has 0 aliphatic rings. The number of hydrogen-bond acceptors (Lipinski definition) is 4. The molecule has 104 valence electrons. The van der Waals surface area contributed by atoms with Crippen LogP contribution in [0.25, 0.3) is 0 Å². The molecule has 0 unspecified atom stereocenters. The van der Waals surface area contributed by atoms with E-state index in [4.69, 9.17) is 10.9 Å². The van der Waals surface area contributed by atoms with Crippen molar-refractivity contribution in [1.29, 1.82) is 0 Å². The minimum atomic E-state index is 0.0744. The van der Waals surface area contributed by atoms with Gasteiger partial charge in [-0.25, -0.2) is 4.98 Å². The van der Waals surface area contributed by atoms with Crippen LogP contribution < -0.4 is 5.73 Å². The second-order valence-corrected chi connectivity index (χ2v) is 5.69. The number of oxime groups is 1. The van der Waals surface area contributed by atoms with Gasteiger partial charge in [-0.05, 0) is 50.1 Å². The first-order chi connectivity index (χ1) is 9.51. The molecule has 0 amide bonds. The van der Waals surface area contributed by atoms with Crippen molar-refractivity contribution >= 4 is 17.6 Å². The summed E-state index contributed by atoms with van der Waals surface area (Å²) in [6.45, 7) is 6.03. The molecule has 2 aromatic rings. The minimum absolute atomic E-state index is 0.0744. The van der Waals surface area contributed by atoms with Crippen LogP contribution in [0, 0.1) is 20.8 Å². The van der Waals surface area contributed by atoms with Gasteiger partial charge in [-0.1, -0.05) is 29.1 Å². The fourth-order valence-electron chi connectivity index (χ4n) is 1.78. The third-order valence-corrected chi connectivity index (χ3v) is 4.10. The summed E-state index contributed by atoms with van der Waals surface area (Å²) in [4.78, 5) is 5.62. The Morgan fingerprint density at radius 3 is 2.65 bits per heavy atom. The van der Waals surface area contributed by atoms with Crippen LogP contribution in [-0.4, -0.2) is 16.0 Å². The maximum Gasteiger partial charge on any atom is 0.172 e. The van der Waals surface area contributed by atoms with Crippen molar-refractivity contribution in [3.63, 3.8) is 0 Å². The fourth-order valence-corrected chi connectivity index (χ4v) is 2.94. The van der Waals surface area contributed by atoms with Crippen LogP contribution in [0.1, 0.15) is 22.4 Å². The van der Waals surface area contributed by atoms with E-state index < -0.39 is 0 Å². The number of pyridine rings is 1. The summed E-state index contributed by atoms with van der Waals surface area (Å²) in [5.41, 5.74) is 9.62. The van der Waals surface area contributed by atoms with Gasteiger partial charge in [0.05, 0.1) is 5.56 Å². The quantitative estimate of drug-likeness (QED) is 0.393. The molecule has 0 atom stereocenters. The van der Waals surface area contributed by atoms with Crippen molar-refractivity contribution in [3.8, 4) is 0 Å². The van der Waals surface area contributed by atoms with Gasteiger partial charge in [0, 0.05) is 10.6 Å². The van der Waals surface area contributed by atoms with Gasteiger partial charge >= 0.3 is 0 Å². The molecule has 0 bridgehead atoms. The molecular formula is C15H17N3OS. The van der Waals surface area contributed by atoms with E-state index in [0.717, 1.165) is 15.6 Å². The first-order valence-electron chi connectivity index (χ1n) is 6.22. The van der Waals surface area contributed by atoms with Gasteiger partial charge in [0.1, 0.15) is 5.03 Å². The number of amidine groups is 1. The average Bonchev–Trinajstić information content (AvgIpc) is 2.42. The maximum absolute atomic E-state index is 8.87. The molecule has 0 saturated heterocycles. The topological polar surface area (TPSA) is 71.5 Å². The molecule has 1 aromatic heterocycles. The molecule has 4 nitrogen and oxygen atoms in total. The number of aromatic nitrogens is 1. The van der Waals surface area contributed by atoms with Crippen molar-refractivity contribution in [2.24, 2.45) is 10.9 Å². The number of aryl methyl sites for hydroxylation is 3. The van der Waals surface area contributed by atoms with E-state index in [1.807, 2.05) is 19.1 Å². The maximum atomic E-state index is 8.87. The second-order valence-electron chi connectivity index (χ2n) is 4.66. The Labute approximate surface area is 122 Å². The van der Waals surface area contributed by atoms with Crippen molar-refractivity contribution in [3.05, 3.63) is 52.7 Å². The van der Waals surface area contributed by atoms with Crippen LogP contribution in [0.15, 0.2) is 45.4 Å². The zero-order valence-electron chi connectivity index (χ0n) is 11.7. The monoisotopic (exact) mass is 287 g/mol. The summed E-state index contributed by atoms with van der Waals surface area (Å²) in [6.07, 6.45) is 0. The van der Waals surface area contributed by atoms with Gasteiger partial charge in [0.15, 0.2) is 5.84 Å². The first kappa shape index (κ1) is 14.4. The Hall–Kier alpha value is -2.01. The molecule has 0 aliphatic heterocycles. The number of nitrogens with zero attached hydrogens (tertiary/aromatic N) is 2. The summed E-state index contributed by atoms with van der Waals surface area (Å²) >= 11 is 1.53. The standard InChI is InChI=1S/C15H17N3OS/c1-9-4-5-10(2)13(8-9)20-15-12(14(16)18-19)7-6-11(3)17-15/h4-8,19H,1-3H3,(H2,16,18). The molecule has 0 radical (unpaired) electrons. The largest absolute Gasteiger partial charge is 0.409 e. The van der Waals surface area contributed by atoms with Gasteiger partial charge in [-0.2, -0.15) is 0 Å². The molecule has 0 aliphatic carbocycles. The van der Waals surface area contributed by atoms with Gasteiger partial charge < -0.3 is 10.9 Å². The summed E-state index contributed by atoms with van der Waals surface area (Å²) in [5.74, 6) is 0.0744. The summed E-state index contributed by atoms with van der Waals surface area (Å²) in [6, 6.07) is 9.94. The molecular weight excluding hydrogens is 270 g/mol. The Kier molecular flexibility index (Phi) is 4.29. The Balaban J connectivity index is 2.47. The number of benzene rings is 1. The predicted octanol–water partition coefficient (Wildman–Crippen LogP) is 3.25. The molecule has 2 rings (SSSR count). The lowest BCUT2D eigenvalue weighted by atomic mass is 10.2. The molecule has 0 fully saturated rings. The highest BCUT2D eigenvalue weighted by Crippen LogP contribution is 2.32. The van der Waals surface area contributed by atoms with Crippen LogP contribution >= 0.6 is 11.8 Å². The van der Waals surface area contributed by atoms with E-state index in [0.29, 0.717) is 5.56 Å². The van der Waals surface area contributed by atoms with E-state index in [1.54, 1.807) is 0 Å². The molecule has 20 heavy (non-hydrogen) atoms. The fraction of sp³-hybridized carbons (Fsp3) is 0.200. The Bertz CT molecular complexity index is 668. The SMILES string of the molecule is Cc1ccc(C)c(Sc2nc(C)ccc2C(N)=NO)c1. The van der Waals surface area contributed by atoms with Gasteiger partial charge in [0.2, 0.25) is 0 Å². The average molecular weight is 287 g/mol. The van der Waals surface area contributed by atoms with Crippen LogP contribution in [0.2, 0.25) is 0 Å². The number of rotatable bonds is 3. The summed E-state index contributed by atoms with van der Waals surface area (Å²) in [7, 11) is 0. The van der Waals surface area contributed by atoms with E-state index in [2.05, 4.69) is 42.2 Å². The van der Waals surface area contributed by atoms with Gasteiger partial charge in [0.25, 0.3) is 0 Å². The summed E-state index contributed by atoms with van der Waals surface area (Å²) < 4.78 is 0. The lowest BCUT2D eigenvalue weighted by Gasteiger charge is -2.10. The molecule has 1 aromatic carbocycles. The number of nitrogens with two attached hydrogens (primary N) is 1. The van der Waals surface area contributed by atoms with Gasteiger partial charge in [-0.15, -0.1) is 0 Å². The molecule has 5 heteroatoms. The molecule has 0 saturated carbocycles. The van der Waals surface area contributed by atoms with Crippen molar-refractivity contribution in [2.45, 2.75) is 30.7 Å². The number of hydrogen-bond donors (Lipinski definition) is 2. The van der Waals surface area contributed by atoms with Crippen LogP contribution in [0.4, 0.5) is 0 Å². The third kappa shape index (κ3) is 3.11. The minimum Gasteiger partial charge on any atom is -0.409 e. The van der Waals surface area contributed by atoms with E-state index >= 15 is 0 Å². The lowest BCUT2D eigenvalue weighted by Crippen LogP contribution is -2.15. The zero-order valence-corrected chi connectivity index (χ0v) is 12.5. The lowest BCUT2D eigenvalue weighted by molar-refractivity contribution is 0.318. The highest BCUT2D eigenvalue weighted by Gasteiger charge is 2.12. The van der Waals surface area contributed by atoms with Crippen molar-refractivity contribution in [1.82, 2.24) is 4.98 Å². The highest BCUT2D eigenvalue weighted by atomic mass is 32.2. The normalized spacial score (nSPS) is 11.7. The van der Waals surface area contributed by atoms with Crippen molar-refractivity contribution < 1.29 is 5.21 Å². The van der Waals surface area contributed by atoms with Crippen LogP contribution in [-0.2, 0) is 0 Å². The molecule has 1 heterocycles. The second kappa shape index (κ2) is 5.96. The first-order valence-corrected chi connectivity index (χ1v) is 7.03. The van der Waals surface area contributed by atoms with E-state index in [9.17, 15) is 0 Å². The summed E-state index contributed by atoms with van der Waals surface area (Å²) in [5, 5.41) is 12.7.